The van der Waals surface area contributed by atoms with Crippen LogP contribution in [0.4, 0.5) is 0 Å². The summed E-state index contributed by atoms with van der Waals surface area (Å²) in [6.07, 6.45) is 0. The van der Waals surface area contributed by atoms with E-state index >= 15 is 0 Å². The Labute approximate surface area is 67.2 Å². The molecule has 1 aliphatic rings. The normalized spacial score (nSPS) is 33.0. The van der Waals surface area contributed by atoms with E-state index in [1.165, 1.54) is 0 Å². The van der Waals surface area contributed by atoms with Crippen molar-refractivity contribution in [2.75, 3.05) is 0 Å². The highest BCUT2D eigenvalue weighted by Gasteiger charge is 2.59. The maximum absolute atomic E-state index is 2.43. The minimum atomic E-state index is 0.157. The van der Waals surface area contributed by atoms with Crippen molar-refractivity contribution in [2.45, 2.75) is 51.6 Å². The Morgan fingerprint density at radius 3 is 1.00 bits per heavy atom. The van der Waals surface area contributed by atoms with Crippen molar-refractivity contribution in [2.24, 2.45) is 5.41 Å². The van der Waals surface area contributed by atoms with Gasteiger partial charge < -0.3 is 0 Å². The standard InChI is InChI=1S/C9H20Si/c1-7(2)8(3,4)10-9(7,5)6/h10H2,1-6H3. The van der Waals surface area contributed by atoms with Gasteiger partial charge in [0.2, 0.25) is 0 Å². The molecule has 0 radical (unpaired) electrons. The van der Waals surface area contributed by atoms with Gasteiger partial charge in [-0.25, -0.2) is 0 Å². The van der Waals surface area contributed by atoms with Gasteiger partial charge >= 0.3 is 0 Å². The van der Waals surface area contributed by atoms with E-state index in [-0.39, 0.29) is 9.52 Å². The first-order chi connectivity index (χ1) is 4.21. The largest absolute Gasteiger partial charge is 0.0624 e. The lowest BCUT2D eigenvalue weighted by Gasteiger charge is -2.64. The van der Waals surface area contributed by atoms with E-state index < -0.39 is 0 Å². The second kappa shape index (κ2) is 1.69. The van der Waals surface area contributed by atoms with E-state index in [2.05, 4.69) is 41.5 Å². The summed E-state index contributed by atoms with van der Waals surface area (Å²) in [5, 5.41) is 1.38. The van der Waals surface area contributed by atoms with Crippen LogP contribution >= 0.6 is 0 Å². The predicted octanol–water partition coefficient (Wildman–Crippen LogP) is 2.59. The van der Waals surface area contributed by atoms with Crippen molar-refractivity contribution in [1.82, 2.24) is 0 Å². The molecule has 0 aromatic carbocycles. The van der Waals surface area contributed by atoms with E-state index in [9.17, 15) is 0 Å². The summed E-state index contributed by atoms with van der Waals surface area (Å²) in [7, 11) is 0.157. The Morgan fingerprint density at radius 1 is 0.700 bits per heavy atom. The summed E-state index contributed by atoms with van der Waals surface area (Å²) in [4.78, 5) is 0. The number of hydrogen-bond donors (Lipinski definition) is 0. The lowest BCUT2D eigenvalue weighted by atomic mass is 9.68. The maximum Gasteiger partial charge on any atom is 0.0341 e. The highest BCUT2D eigenvalue weighted by molar-refractivity contribution is 6.49. The molecule has 1 heterocycles. The fourth-order valence-electron chi connectivity index (χ4n) is 2.36. The SMILES string of the molecule is CC1(C)[SiH2]C(C)(C)C1(C)C. The van der Waals surface area contributed by atoms with Crippen molar-refractivity contribution in [3.8, 4) is 0 Å². The molecule has 1 fully saturated rings. The molecule has 10 heavy (non-hydrogen) atoms. The molecule has 0 aromatic heterocycles. The zero-order valence-electron chi connectivity index (χ0n) is 8.21. The lowest BCUT2D eigenvalue weighted by Crippen LogP contribution is -2.55. The molecule has 0 aromatic rings. The minimum Gasteiger partial charge on any atom is -0.0624 e. The molecule has 1 heteroatoms. The second-order valence-electron chi connectivity index (χ2n) is 5.57. The third kappa shape index (κ3) is 0.730. The third-order valence-electron chi connectivity index (χ3n) is 4.27. The first-order valence-electron chi connectivity index (χ1n) is 4.21. The average Bonchev–Trinajstić information content (AvgIpc) is 1.61. The molecule has 0 saturated carbocycles. The first-order valence-corrected chi connectivity index (χ1v) is 5.62. The molecule has 0 N–H and O–H groups in total. The molecule has 1 saturated heterocycles. The van der Waals surface area contributed by atoms with Crippen LogP contribution in [0, 0.1) is 5.41 Å². The van der Waals surface area contributed by atoms with Crippen LogP contribution in [0.5, 0.6) is 0 Å². The average molecular weight is 156 g/mol. The Morgan fingerprint density at radius 2 is 1.00 bits per heavy atom. The van der Waals surface area contributed by atoms with Crippen molar-refractivity contribution >= 4 is 9.52 Å². The topological polar surface area (TPSA) is 0 Å². The molecular formula is C9H20Si. The highest BCUT2D eigenvalue weighted by Crippen LogP contribution is 2.70. The van der Waals surface area contributed by atoms with E-state index in [1.54, 1.807) is 0 Å². The van der Waals surface area contributed by atoms with Crippen LogP contribution in [0.25, 0.3) is 0 Å². The molecule has 60 valence electrons. The van der Waals surface area contributed by atoms with Gasteiger partial charge in [-0.2, -0.15) is 0 Å². The zero-order valence-corrected chi connectivity index (χ0v) is 9.62. The number of rotatable bonds is 0. The summed E-state index contributed by atoms with van der Waals surface area (Å²) in [6, 6.07) is 0. The lowest BCUT2D eigenvalue weighted by molar-refractivity contribution is 0.130. The van der Waals surface area contributed by atoms with Gasteiger partial charge in [0.1, 0.15) is 0 Å². The van der Waals surface area contributed by atoms with Gasteiger partial charge in [-0.05, 0) is 15.5 Å². The van der Waals surface area contributed by atoms with E-state index in [1.807, 2.05) is 0 Å². The molecule has 0 nitrogen and oxygen atoms in total. The van der Waals surface area contributed by atoms with Crippen LogP contribution in [0.1, 0.15) is 41.5 Å². The Bertz CT molecular complexity index is 138. The summed E-state index contributed by atoms with van der Waals surface area (Å²) in [5.74, 6) is 0. The zero-order chi connectivity index (χ0) is 8.21. The highest BCUT2D eigenvalue weighted by atomic mass is 28.2. The first kappa shape index (κ1) is 8.31. The summed E-state index contributed by atoms with van der Waals surface area (Å²) in [5.41, 5.74) is 0.576. The second-order valence-corrected chi connectivity index (χ2v) is 9.46. The summed E-state index contributed by atoms with van der Waals surface area (Å²) < 4.78 is 0. The fourth-order valence-corrected chi connectivity index (χ4v) is 6.07. The third-order valence-corrected chi connectivity index (χ3v) is 7.80. The van der Waals surface area contributed by atoms with E-state index in [0.717, 1.165) is 0 Å². The fraction of sp³-hybridized carbons (Fsp3) is 1.00. The van der Waals surface area contributed by atoms with Gasteiger partial charge in [0.15, 0.2) is 0 Å². The van der Waals surface area contributed by atoms with Crippen LogP contribution in [-0.2, 0) is 0 Å². The van der Waals surface area contributed by atoms with Crippen LogP contribution in [0.2, 0.25) is 10.1 Å². The van der Waals surface area contributed by atoms with Gasteiger partial charge in [0, 0.05) is 9.52 Å². The van der Waals surface area contributed by atoms with Crippen LogP contribution in [-0.4, -0.2) is 9.52 Å². The van der Waals surface area contributed by atoms with Gasteiger partial charge in [-0.15, -0.1) is 0 Å². The quantitative estimate of drug-likeness (QED) is 0.473. The molecule has 1 aliphatic heterocycles. The van der Waals surface area contributed by atoms with Crippen molar-refractivity contribution in [3.05, 3.63) is 0 Å². The molecule has 0 bridgehead atoms. The van der Waals surface area contributed by atoms with E-state index in [0.29, 0.717) is 15.5 Å². The minimum absolute atomic E-state index is 0.157. The van der Waals surface area contributed by atoms with Gasteiger partial charge in [-0.3, -0.25) is 0 Å². The molecule has 0 spiro atoms. The van der Waals surface area contributed by atoms with Crippen LogP contribution < -0.4 is 0 Å². The molecule has 0 aliphatic carbocycles. The van der Waals surface area contributed by atoms with Gasteiger partial charge in [-0.1, -0.05) is 41.5 Å². The van der Waals surface area contributed by atoms with Crippen molar-refractivity contribution < 1.29 is 0 Å². The van der Waals surface area contributed by atoms with Crippen molar-refractivity contribution in [1.29, 1.82) is 0 Å². The van der Waals surface area contributed by atoms with Crippen molar-refractivity contribution in [3.63, 3.8) is 0 Å². The summed E-state index contributed by atoms with van der Waals surface area (Å²) in [6.45, 7) is 14.6. The Hall–Kier alpha value is 0.217. The molecule has 0 unspecified atom stereocenters. The monoisotopic (exact) mass is 156 g/mol. The van der Waals surface area contributed by atoms with Gasteiger partial charge in [0.25, 0.3) is 0 Å². The predicted molar refractivity (Wildman–Crippen MR) is 50.4 cm³/mol. The molecule has 1 rings (SSSR count). The number of hydrogen-bond acceptors (Lipinski definition) is 0. The van der Waals surface area contributed by atoms with Gasteiger partial charge in [0.05, 0.1) is 0 Å². The van der Waals surface area contributed by atoms with Crippen LogP contribution in [0.3, 0.4) is 0 Å². The smallest absolute Gasteiger partial charge is 0.0341 e. The Balaban J connectivity index is 2.85. The Kier molecular flexibility index (Phi) is 1.40. The van der Waals surface area contributed by atoms with Crippen LogP contribution in [0.15, 0.2) is 0 Å². The molecule has 0 amide bonds. The summed E-state index contributed by atoms with van der Waals surface area (Å²) >= 11 is 0. The molecular weight excluding hydrogens is 136 g/mol. The maximum atomic E-state index is 2.43. The molecule has 0 atom stereocenters. The van der Waals surface area contributed by atoms with E-state index in [4.69, 9.17) is 0 Å².